The van der Waals surface area contributed by atoms with E-state index in [9.17, 15) is 9.59 Å². The number of pyridine rings is 1. The van der Waals surface area contributed by atoms with Gasteiger partial charge in [-0.15, -0.1) is 0 Å². The molecule has 0 bridgehead atoms. The summed E-state index contributed by atoms with van der Waals surface area (Å²) >= 11 is 12.1. The molecule has 0 atom stereocenters. The van der Waals surface area contributed by atoms with Crippen molar-refractivity contribution in [2.24, 2.45) is 0 Å². The number of nitrogens with zero attached hydrogens (tertiary/aromatic N) is 1. The Balaban J connectivity index is 1.88. The highest BCUT2D eigenvalue weighted by Gasteiger charge is 2.14. The highest BCUT2D eigenvalue weighted by Crippen LogP contribution is 2.33. The number of hydrogen-bond donors (Lipinski definition) is 2. The zero-order chi connectivity index (χ0) is 20.3. The van der Waals surface area contributed by atoms with E-state index in [-0.39, 0.29) is 17.5 Å². The molecule has 3 rings (SSSR count). The number of benzene rings is 2. The van der Waals surface area contributed by atoms with Crippen LogP contribution in [0, 0.1) is 0 Å². The second-order valence-corrected chi connectivity index (χ2v) is 6.62. The van der Waals surface area contributed by atoms with Gasteiger partial charge < -0.3 is 15.8 Å². The van der Waals surface area contributed by atoms with E-state index >= 15 is 0 Å². The van der Waals surface area contributed by atoms with Crippen LogP contribution in [0.5, 0.6) is 0 Å². The Kier molecular flexibility index (Phi) is 5.82. The Morgan fingerprint density at radius 1 is 0.964 bits per heavy atom. The number of nitrogen functional groups attached to an aromatic ring is 1. The van der Waals surface area contributed by atoms with E-state index in [0.717, 1.165) is 0 Å². The van der Waals surface area contributed by atoms with Gasteiger partial charge in [-0.25, -0.2) is 9.78 Å². The van der Waals surface area contributed by atoms with Crippen molar-refractivity contribution < 1.29 is 14.3 Å². The van der Waals surface area contributed by atoms with Crippen molar-refractivity contribution >= 4 is 46.7 Å². The first kappa shape index (κ1) is 19.7. The van der Waals surface area contributed by atoms with Crippen molar-refractivity contribution in [1.82, 2.24) is 4.98 Å². The van der Waals surface area contributed by atoms with Gasteiger partial charge >= 0.3 is 5.97 Å². The number of aromatic nitrogens is 1. The standard InChI is InChI=1S/C20H15Cl2N3O3/c1-28-20(27)12-4-8-16(22)15(10-12)14-7-9-17(24-18(14)23)25-19(26)11-2-5-13(21)6-3-11/h2-10H,1H3,(H3,23,24,25,26). The third-order valence-electron chi connectivity index (χ3n) is 3.95. The largest absolute Gasteiger partial charge is 0.465 e. The van der Waals surface area contributed by atoms with E-state index in [2.05, 4.69) is 10.3 Å². The molecule has 6 nitrogen and oxygen atoms in total. The SMILES string of the molecule is COC(=O)c1ccc(Cl)c(-c2ccc(NC(=O)c3ccc(Cl)cc3)nc2N)c1. The van der Waals surface area contributed by atoms with Crippen molar-refractivity contribution in [1.29, 1.82) is 0 Å². The fourth-order valence-electron chi connectivity index (χ4n) is 2.54. The number of carbonyl (C=O) groups is 2. The van der Waals surface area contributed by atoms with Gasteiger partial charge in [-0.2, -0.15) is 0 Å². The zero-order valence-corrected chi connectivity index (χ0v) is 16.2. The van der Waals surface area contributed by atoms with Crippen LogP contribution in [0.2, 0.25) is 10.0 Å². The predicted molar refractivity (Wildman–Crippen MR) is 110 cm³/mol. The summed E-state index contributed by atoms with van der Waals surface area (Å²) in [7, 11) is 1.30. The lowest BCUT2D eigenvalue weighted by molar-refractivity contribution is 0.0600. The number of anilines is 2. The lowest BCUT2D eigenvalue weighted by Crippen LogP contribution is -2.13. The Morgan fingerprint density at radius 2 is 1.64 bits per heavy atom. The van der Waals surface area contributed by atoms with Crippen molar-refractivity contribution in [2.45, 2.75) is 0 Å². The Bertz CT molecular complexity index is 1050. The summed E-state index contributed by atoms with van der Waals surface area (Å²) in [6, 6.07) is 14.4. The molecule has 0 spiro atoms. The molecule has 28 heavy (non-hydrogen) atoms. The maximum atomic E-state index is 12.3. The fraction of sp³-hybridized carbons (Fsp3) is 0.0500. The summed E-state index contributed by atoms with van der Waals surface area (Å²) in [4.78, 5) is 28.3. The zero-order valence-electron chi connectivity index (χ0n) is 14.7. The molecule has 142 valence electrons. The van der Waals surface area contributed by atoms with Gasteiger partial charge in [0.25, 0.3) is 5.91 Å². The monoisotopic (exact) mass is 415 g/mol. The summed E-state index contributed by atoms with van der Waals surface area (Å²) in [6.45, 7) is 0. The van der Waals surface area contributed by atoms with Crippen LogP contribution in [0.1, 0.15) is 20.7 Å². The second-order valence-electron chi connectivity index (χ2n) is 5.78. The highest BCUT2D eigenvalue weighted by molar-refractivity contribution is 6.33. The molecule has 1 heterocycles. The summed E-state index contributed by atoms with van der Waals surface area (Å²) in [5, 5.41) is 3.61. The number of methoxy groups -OCH3 is 1. The number of hydrogen-bond acceptors (Lipinski definition) is 5. The van der Waals surface area contributed by atoms with Gasteiger partial charge in [0.05, 0.1) is 12.7 Å². The van der Waals surface area contributed by atoms with E-state index in [1.54, 1.807) is 54.6 Å². The second kappa shape index (κ2) is 8.29. The maximum absolute atomic E-state index is 12.3. The van der Waals surface area contributed by atoms with Crippen LogP contribution in [0.3, 0.4) is 0 Å². The van der Waals surface area contributed by atoms with Crippen LogP contribution in [0.15, 0.2) is 54.6 Å². The van der Waals surface area contributed by atoms with Crippen LogP contribution in [0.25, 0.3) is 11.1 Å². The molecule has 1 aromatic heterocycles. The average molecular weight is 416 g/mol. The minimum absolute atomic E-state index is 0.151. The third kappa shape index (κ3) is 4.24. The lowest BCUT2D eigenvalue weighted by Gasteiger charge is -2.11. The van der Waals surface area contributed by atoms with Gasteiger partial charge in [0.2, 0.25) is 0 Å². The van der Waals surface area contributed by atoms with Gasteiger partial charge in [-0.1, -0.05) is 23.2 Å². The van der Waals surface area contributed by atoms with Gasteiger partial charge in [0.1, 0.15) is 11.6 Å². The first-order valence-electron chi connectivity index (χ1n) is 8.10. The normalized spacial score (nSPS) is 10.4. The van der Waals surface area contributed by atoms with Crippen molar-refractivity contribution in [3.05, 3.63) is 75.8 Å². The molecule has 0 aliphatic carbocycles. The van der Waals surface area contributed by atoms with E-state index in [1.807, 2.05) is 0 Å². The molecule has 0 saturated heterocycles. The lowest BCUT2D eigenvalue weighted by atomic mass is 10.0. The van der Waals surface area contributed by atoms with Gasteiger partial charge in [0, 0.05) is 26.7 Å². The van der Waals surface area contributed by atoms with Gasteiger partial charge in [0.15, 0.2) is 0 Å². The van der Waals surface area contributed by atoms with Crippen LogP contribution >= 0.6 is 23.2 Å². The smallest absolute Gasteiger partial charge is 0.337 e. The topological polar surface area (TPSA) is 94.3 Å². The third-order valence-corrected chi connectivity index (χ3v) is 4.53. The highest BCUT2D eigenvalue weighted by atomic mass is 35.5. The molecular weight excluding hydrogens is 401 g/mol. The predicted octanol–water partition coefficient (Wildman–Crippen LogP) is 4.68. The molecule has 0 aliphatic heterocycles. The molecule has 0 unspecified atom stereocenters. The summed E-state index contributed by atoms with van der Waals surface area (Å²) in [5.74, 6) is -0.405. The Morgan fingerprint density at radius 3 is 2.29 bits per heavy atom. The molecule has 8 heteroatoms. The minimum atomic E-state index is -0.490. The van der Waals surface area contributed by atoms with Gasteiger partial charge in [-0.3, -0.25) is 4.79 Å². The number of halogens is 2. The number of rotatable bonds is 4. The van der Waals surface area contributed by atoms with Crippen LogP contribution < -0.4 is 11.1 Å². The molecule has 3 aromatic rings. The van der Waals surface area contributed by atoms with Crippen molar-refractivity contribution in [2.75, 3.05) is 18.2 Å². The van der Waals surface area contributed by atoms with Crippen LogP contribution in [-0.4, -0.2) is 24.0 Å². The molecule has 0 fully saturated rings. The fourth-order valence-corrected chi connectivity index (χ4v) is 2.88. The number of carbonyl (C=O) groups excluding carboxylic acids is 2. The first-order valence-corrected chi connectivity index (χ1v) is 8.86. The number of esters is 1. The van der Waals surface area contributed by atoms with Crippen molar-refractivity contribution in [3.63, 3.8) is 0 Å². The van der Waals surface area contributed by atoms with Crippen LogP contribution in [-0.2, 0) is 4.74 Å². The Hall–Kier alpha value is -3.09. The summed E-state index contributed by atoms with van der Waals surface area (Å²) < 4.78 is 4.72. The van der Waals surface area contributed by atoms with E-state index in [0.29, 0.717) is 32.3 Å². The number of nitrogens with two attached hydrogens (primary N) is 1. The Labute approximate surface area is 171 Å². The summed E-state index contributed by atoms with van der Waals surface area (Å²) in [5.41, 5.74) is 7.89. The maximum Gasteiger partial charge on any atom is 0.337 e. The molecule has 0 radical (unpaired) electrons. The molecule has 0 aliphatic rings. The quantitative estimate of drug-likeness (QED) is 0.603. The minimum Gasteiger partial charge on any atom is -0.465 e. The van der Waals surface area contributed by atoms with E-state index in [1.165, 1.54) is 7.11 Å². The van der Waals surface area contributed by atoms with E-state index in [4.69, 9.17) is 33.7 Å². The number of nitrogens with one attached hydrogen (secondary N) is 1. The first-order chi connectivity index (χ1) is 13.4. The van der Waals surface area contributed by atoms with Gasteiger partial charge in [-0.05, 0) is 54.6 Å². The van der Waals surface area contributed by atoms with Crippen molar-refractivity contribution in [3.8, 4) is 11.1 Å². The van der Waals surface area contributed by atoms with Crippen LogP contribution in [0.4, 0.5) is 11.6 Å². The molecule has 2 aromatic carbocycles. The number of amides is 1. The molecule has 3 N–H and O–H groups in total. The summed E-state index contributed by atoms with van der Waals surface area (Å²) in [6.07, 6.45) is 0. The number of ether oxygens (including phenoxy) is 1. The molecular formula is C20H15Cl2N3O3. The molecule has 0 saturated carbocycles. The van der Waals surface area contributed by atoms with E-state index < -0.39 is 5.97 Å². The molecule has 1 amide bonds. The average Bonchev–Trinajstić information content (AvgIpc) is 2.68.